The molecule has 12 nitrogen and oxygen atoms in total. The zero-order chi connectivity index (χ0) is 27.2. The molecular weight excluding hydrogens is 504 g/mol. The van der Waals surface area contributed by atoms with Gasteiger partial charge in [-0.2, -0.15) is 8.42 Å². The number of likely N-dealkylation sites (tertiary alicyclic amines) is 1. The molecule has 0 unspecified atom stereocenters. The number of imidazole rings is 1. The van der Waals surface area contributed by atoms with Crippen LogP contribution in [0.5, 0.6) is 0 Å². The monoisotopic (exact) mass is 536 g/mol. The summed E-state index contributed by atoms with van der Waals surface area (Å²) in [6.07, 6.45) is 6.10. The smallest absolute Gasteiger partial charge is 0.328 e. The Labute approximate surface area is 215 Å². The summed E-state index contributed by atoms with van der Waals surface area (Å²) in [6.45, 7) is 2.06. The lowest BCUT2D eigenvalue weighted by molar-refractivity contribution is -0.152. The van der Waals surface area contributed by atoms with Crippen LogP contribution in [-0.4, -0.2) is 76.1 Å². The van der Waals surface area contributed by atoms with E-state index < -0.39 is 45.1 Å². The number of nitrogens with one attached hydrogen (secondary N) is 1. The van der Waals surface area contributed by atoms with Crippen molar-refractivity contribution in [3.63, 3.8) is 0 Å². The zero-order valence-corrected chi connectivity index (χ0v) is 21.6. The van der Waals surface area contributed by atoms with Gasteiger partial charge < -0.3 is 24.6 Å². The number of ether oxygens (including phenoxy) is 1. The fraction of sp³-hybridized carbons (Fsp3) is 0.500. The van der Waals surface area contributed by atoms with Gasteiger partial charge in [0.1, 0.15) is 17.0 Å². The van der Waals surface area contributed by atoms with Crippen molar-refractivity contribution >= 4 is 33.7 Å². The lowest BCUT2D eigenvalue weighted by atomic mass is 10.1. The molecule has 0 saturated carbocycles. The van der Waals surface area contributed by atoms with Gasteiger partial charge in [-0.25, -0.2) is 9.78 Å². The fourth-order valence-corrected chi connectivity index (χ4v) is 5.10. The standard InChI is InChI=1S/C24H32N4O8S/c1-3-4-5-6-10-18(23(31)28-13-16(29)12-19(28)24(32)36-2)27-14-21(25-15-27)26-22(30)17-9-7-8-11-20(17)37(33,34)35/h7-9,11,14-16,18-19,29H,3-6,10,12-13H2,1-2H3,(H,26,30)(H,33,34,35)/t16-,18+,19-/m0/s1. The number of methoxy groups -OCH3 is 1. The van der Waals surface area contributed by atoms with Gasteiger partial charge in [0.2, 0.25) is 5.91 Å². The number of aromatic nitrogens is 2. The van der Waals surface area contributed by atoms with Gasteiger partial charge in [-0.1, -0.05) is 44.7 Å². The van der Waals surface area contributed by atoms with E-state index in [0.29, 0.717) is 6.42 Å². The minimum absolute atomic E-state index is 0.00519. The maximum Gasteiger partial charge on any atom is 0.328 e. The summed E-state index contributed by atoms with van der Waals surface area (Å²) in [5.41, 5.74) is -0.265. The SMILES string of the molecule is CCCCCC[C@H](C(=O)N1C[C@@H](O)C[C@H]1C(=O)OC)n1cnc(NC(=O)c2ccccc2S(=O)(=O)O)c1. The first-order valence-electron chi connectivity index (χ1n) is 12.0. The highest BCUT2D eigenvalue weighted by Gasteiger charge is 2.42. The van der Waals surface area contributed by atoms with Crippen LogP contribution in [-0.2, 0) is 24.4 Å². The van der Waals surface area contributed by atoms with Crippen LogP contribution in [0.4, 0.5) is 5.82 Å². The molecule has 1 aromatic carbocycles. The Morgan fingerprint density at radius 3 is 2.62 bits per heavy atom. The van der Waals surface area contributed by atoms with Crippen molar-refractivity contribution in [3.05, 3.63) is 42.4 Å². The number of unbranched alkanes of at least 4 members (excludes halogenated alkanes) is 3. The Bertz CT molecular complexity index is 1230. The van der Waals surface area contributed by atoms with Crippen LogP contribution >= 0.6 is 0 Å². The normalized spacial score (nSPS) is 18.4. The van der Waals surface area contributed by atoms with E-state index in [9.17, 15) is 32.5 Å². The molecule has 13 heteroatoms. The second-order valence-corrected chi connectivity index (χ2v) is 10.3. The summed E-state index contributed by atoms with van der Waals surface area (Å²) in [4.78, 5) is 43.5. The van der Waals surface area contributed by atoms with E-state index in [2.05, 4.69) is 17.2 Å². The van der Waals surface area contributed by atoms with Crippen molar-refractivity contribution in [2.75, 3.05) is 19.0 Å². The van der Waals surface area contributed by atoms with Crippen LogP contribution < -0.4 is 5.32 Å². The largest absolute Gasteiger partial charge is 0.467 e. The van der Waals surface area contributed by atoms with E-state index >= 15 is 0 Å². The van der Waals surface area contributed by atoms with E-state index in [1.165, 1.54) is 47.3 Å². The first-order chi connectivity index (χ1) is 17.6. The molecule has 1 fully saturated rings. The molecule has 0 bridgehead atoms. The highest BCUT2D eigenvalue weighted by Crippen LogP contribution is 2.27. The Hall–Kier alpha value is -3.29. The van der Waals surface area contributed by atoms with Crippen LogP contribution in [0.2, 0.25) is 0 Å². The number of rotatable bonds is 11. The van der Waals surface area contributed by atoms with Crippen LogP contribution in [0.3, 0.4) is 0 Å². The number of carbonyl (C=O) groups excluding carboxylic acids is 3. The average Bonchev–Trinajstić information content (AvgIpc) is 3.49. The lowest BCUT2D eigenvalue weighted by Crippen LogP contribution is -2.44. The molecular formula is C24H32N4O8S. The van der Waals surface area contributed by atoms with Crippen molar-refractivity contribution in [1.82, 2.24) is 14.5 Å². The van der Waals surface area contributed by atoms with Crippen molar-refractivity contribution < 1.29 is 37.2 Å². The first-order valence-corrected chi connectivity index (χ1v) is 13.5. The fourth-order valence-electron chi connectivity index (χ4n) is 4.41. The predicted octanol–water partition coefficient (Wildman–Crippen LogP) is 2.03. The molecule has 0 radical (unpaired) electrons. The maximum absolute atomic E-state index is 13.6. The molecule has 1 aliphatic heterocycles. The van der Waals surface area contributed by atoms with Gasteiger partial charge >= 0.3 is 5.97 Å². The lowest BCUT2D eigenvalue weighted by Gasteiger charge is -2.28. The van der Waals surface area contributed by atoms with Crippen molar-refractivity contribution in [2.45, 2.75) is 68.5 Å². The number of aliphatic hydroxyl groups is 1. The van der Waals surface area contributed by atoms with Crippen LogP contribution in [0, 0.1) is 0 Å². The Balaban J connectivity index is 1.84. The molecule has 1 aliphatic rings. The molecule has 0 aliphatic carbocycles. The minimum Gasteiger partial charge on any atom is -0.467 e. The topological polar surface area (TPSA) is 168 Å². The average molecular weight is 537 g/mol. The van der Waals surface area contributed by atoms with Crippen molar-refractivity contribution in [3.8, 4) is 0 Å². The van der Waals surface area contributed by atoms with Crippen LogP contribution in [0.15, 0.2) is 41.7 Å². The molecule has 3 atom stereocenters. The summed E-state index contributed by atoms with van der Waals surface area (Å²) >= 11 is 0. The molecule has 1 aromatic heterocycles. The second kappa shape index (κ2) is 12.3. The summed E-state index contributed by atoms with van der Waals surface area (Å²) in [5.74, 6) is -1.73. The highest BCUT2D eigenvalue weighted by molar-refractivity contribution is 7.86. The van der Waals surface area contributed by atoms with E-state index in [1.54, 1.807) is 0 Å². The number of carbonyl (C=O) groups is 3. The van der Waals surface area contributed by atoms with Gasteiger partial charge in [0, 0.05) is 19.2 Å². The summed E-state index contributed by atoms with van der Waals surface area (Å²) in [5, 5.41) is 12.6. The molecule has 2 aromatic rings. The van der Waals surface area contributed by atoms with E-state index in [-0.39, 0.29) is 30.3 Å². The van der Waals surface area contributed by atoms with E-state index in [4.69, 9.17) is 4.74 Å². The van der Waals surface area contributed by atoms with Crippen LogP contribution in [0.25, 0.3) is 0 Å². The number of amides is 2. The van der Waals surface area contributed by atoms with Crippen molar-refractivity contribution in [1.29, 1.82) is 0 Å². The molecule has 3 rings (SSSR count). The molecule has 202 valence electrons. The van der Waals surface area contributed by atoms with Gasteiger partial charge in [0.15, 0.2) is 5.82 Å². The van der Waals surface area contributed by atoms with E-state index in [1.807, 2.05) is 0 Å². The highest BCUT2D eigenvalue weighted by atomic mass is 32.2. The van der Waals surface area contributed by atoms with Crippen molar-refractivity contribution in [2.24, 2.45) is 0 Å². The number of β-amino-alcohol motifs (C(OH)–C–C–N with tert-alkyl or cyclic N) is 1. The number of benzene rings is 1. The number of nitrogens with zero attached hydrogens (tertiary/aromatic N) is 3. The van der Waals surface area contributed by atoms with Gasteiger partial charge in [0.25, 0.3) is 16.0 Å². The number of esters is 1. The zero-order valence-electron chi connectivity index (χ0n) is 20.7. The van der Waals surface area contributed by atoms with Gasteiger partial charge in [-0.05, 0) is 18.6 Å². The second-order valence-electron chi connectivity index (χ2n) is 8.92. The minimum atomic E-state index is -4.63. The molecule has 1 saturated heterocycles. The molecule has 2 amide bonds. The molecule has 0 spiro atoms. The van der Waals surface area contributed by atoms with Gasteiger partial charge in [-0.3, -0.25) is 14.1 Å². The Morgan fingerprint density at radius 2 is 1.95 bits per heavy atom. The van der Waals surface area contributed by atoms with Gasteiger partial charge in [0.05, 0.1) is 25.1 Å². The number of hydrogen-bond acceptors (Lipinski definition) is 8. The third-order valence-electron chi connectivity index (χ3n) is 6.26. The van der Waals surface area contributed by atoms with E-state index in [0.717, 1.165) is 31.7 Å². The summed E-state index contributed by atoms with van der Waals surface area (Å²) in [6, 6.07) is 3.54. The van der Waals surface area contributed by atoms with Gasteiger partial charge in [-0.15, -0.1) is 0 Å². The maximum atomic E-state index is 13.6. The Morgan fingerprint density at radius 1 is 1.22 bits per heavy atom. The third kappa shape index (κ3) is 6.93. The molecule has 37 heavy (non-hydrogen) atoms. The number of hydrogen-bond donors (Lipinski definition) is 3. The Kier molecular flexibility index (Phi) is 9.40. The molecule has 3 N–H and O–H groups in total. The predicted molar refractivity (Wildman–Crippen MR) is 132 cm³/mol. The quantitative estimate of drug-likeness (QED) is 0.221. The number of aliphatic hydroxyl groups excluding tert-OH is 1. The summed E-state index contributed by atoms with van der Waals surface area (Å²) < 4.78 is 39.0. The third-order valence-corrected chi connectivity index (χ3v) is 7.18. The summed E-state index contributed by atoms with van der Waals surface area (Å²) in [7, 11) is -3.40. The van der Waals surface area contributed by atoms with Crippen LogP contribution in [0.1, 0.15) is 61.8 Å². The molecule has 2 heterocycles. The number of anilines is 1. The first kappa shape index (κ1) is 28.3.